The maximum absolute atomic E-state index is 12.3. The molecule has 2 aromatic carbocycles. The van der Waals surface area contributed by atoms with Crippen molar-refractivity contribution in [2.75, 3.05) is 0 Å². The molecule has 0 aliphatic carbocycles. The van der Waals surface area contributed by atoms with Crippen LogP contribution in [0.2, 0.25) is 0 Å². The molecule has 0 spiro atoms. The molecule has 0 bridgehead atoms. The van der Waals surface area contributed by atoms with E-state index in [-0.39, 0.29) is 46.0 Å². The molecule has 0 saturated heterocycles. The minimum Gasteiger partial charge on any atom is -0.294 e. The van der Waals surface area contributed by atoms with Gasteiger partial charge in [-0.05, 0) is 88.3 Å². The van der Waals surface area contributed by atoms with Crippen LogP contribution in [0, 0.1) is 17.8 Å². The SMILES string of the molecule is C=C(c1cc(C(=O)C(C)C)cc(C(=O)C(C)C)c1)C(C)C.O=C(Cl)c1cc(C(=O)Cl)cc(C(=O)Cl)c1. The molecule has 0 aliphatic heterocycles. The first kappa shape index (κ1) is 31.4. The Hall–Kier alpha value is -2.60. The van der Waals surface area contributed by atoms with Gasteiger partial charge in [0.25, 0.3) is 15.7 Å². The smallest absolute Gasteiger partial charge is 0.252 e. The quantitative estimate of drug-likeness (QED) is 0.234. The maximum atomic E-state index is 12.3. The van der Waals surface area contributed by atoms with Gasteiger partial charge in [0, 0.05) is 39.7 Å². The molecule has 0 fully saturated rings. The molecule has 0 N–H and O–H groups in total. The lowest BCUT2D eigenvalue weighted by Gasteiger charge is -2.15. The van der Waals surface area contributed by atoms with E-state index < -0.39 is 15.7 Å². The van der Waals surface area contributed by atoms with Crippen LogP contribution in [-0.2, 0) is 0 Å². The van der Waals surface area contributed by atoms with E-state index in [9.17, 15) is 24.0 Å². The van der Waals surface area contributed by atoms with Crippen LogP contribution in [0.4, 0.5) is 0 Å². The average Bonchev–Trinajstić information content (AvgIpc) is 2.81. The summed E-state index contributed by atoms with van der Waals surface area (Å²) in [6.07, 6.45) is 0. The normalized spacial score (nSPS) is 10.7. The highest BCUT2D eigenvalue weighted by Crippen LogP contribution is 2.26. The van der Waals surface area contributed by atoms with Gasteiger partial charge >= 0.3 is 0 Å². The van der Waals surface area contributed by atoms with Crippen molar-refractivity contribution in [2.45, 2.75) is 41.5 Å². The van der Waals surface area contributed by atoms with Gasteiger partial charge < -0.3 is 0 Å². The molecule has 2 aromatic rings. The summed E-state index contributed by atoms with van der Waals surface area (Å²) in [4.78, 5) is 57.1. The standard InChI is InChI=1S/C19H26O2.C9H3Cl3O3/c1-11(2)14(7)15-8-16(18(20)12(3)4)10-17(9-15)19(21)13(5)6;10-7(13)4-1-5(8(11)14)3-6(2-4)9(12)15/h8-13H,7H2,1-6H3;1-3H. The van der Waals surface area contributed by atoms with Gasteiger partial charge in [0.1, 0.15) is 0 Å². The highest BCUT2D eigenvalue weighted by Gasteiger charge is 2.18. The number of rotatable bonds is 9. The number of hydrogen-bond donors (Lipinski definition) is 0. The second kappa shape index (κ2) is 13.6. The van der Waals surface area contributed by atoms with E-state index in [1.807, 2.05) is 39.8 Å². The zero-order valence-electron chi connectivity index (χ0n) is 21.1. The summed E-state index contributed by atoms with van der Waals surface area (Å²) < 4.78 is 0. The topological polar surface area (TPSA) is 85.3 Å². The zero-order valence-corrected chi connectivity index (χ0v) is 23.3. The van der Waals surface area contributed by atoms with E-state index in [1.54, 1.807) is 6.07 Å². The maximum Gasteiger partial charge on any atom is 0.252 e. The molecule has 0 aromatic heterocycles. The largest absolute Gasteiger partial charge is 0.294 e. The van der Waals surface area contributed by atoms with Crippen molar-refractivity contribution < 1.29 is 24.0 Å². The van der Waals surface area contributed by atoms with Crippen molar-refractivity contribution in [1.29, 1.82) is 0 Å². The van der Waals surface area contributed by atoms with Crippen LogP contribution in [0.3, 0.4) is 0 Å². The summed E-state index contributed by atoms with van der Waals surface area (Å²) in [7, 11) is 0. The Morgan fingerprint density at radius 2 is 0.750 bits per heavy atom. The Bertz CT molecular complexity index is 1040. The van der Waals surface area contributed by atoms with Crippen LogP contribution >= 0.6 is 34.8 Å². The van der Waals surface area contributed by atoms with Crippen LogP contribution in [0.1, 0.15) is 98.9 Å². The molecule has 5 nitrogen and oxygen atoms in total. The van der Waals surface area contributed by atoms with Gasteiger partial charge in [-0.2, -0.15) is 0 Å². The second-order valence-corrected chi connectivity index (χ2v) is 10.2. The third-order valence-corrected chi connectivity index (χ3v) is 5.89. The summed E-state index contributed by atoms with van der Waals surface area (Å²) in [6, 6.07) is 9.02. The molecule has 2 rings (SSSR count). The Morgan fingerprint density at radius 3 is 0.972 bits per heavy atom. The zero-order chi connectivity index (χ0) is 27.9. The van der Waals surface area contributed by atoms with Crippen LogP contribution < -0.4 is 0 Å². The molecule has 0 saturated carbocycles. The Morgan fingerprint density at radius 1 is 0.500 bits per heavy atom. The minimum absolute atomic E-state index is 0.00725. The van der Waals surface area contributed by atoms with Crippen molar-refractivity contribution in [2.24, 2.45) is 17.8 Å². The van der Waals surface area contributed by atoms with Gasteiger partial charge in [-0.15, -0.1) is 0 Å². The first-order valence-electron chi connectivity index (χ1n) is 11.2. The number of halogens is 3. The fourth-order valence-electron chi connectivity index (χ4n) is 3.07. The fraction of sp³-hybridized carbons (Fsp3) is 0.321. The van der Waals surface area contributed by atoms with E-state index in [0.29, 0.717) is 11.1 Å². The van der Waals surface area contributed by atoms with Crippen LogP contribution in [0.5, 0.6) is 0 Å². The van der Waals surface area contributed by atoms with Crippen molar-refractivity contribution in [3.63, 3.8) is 0 Å². The molecule has 8 heteroatoms. The molecule has 0 heterocycles. The number of hydrogen-bond acceptors (Lipinski definition) is 5. The summed E-state index contributed by atoms with van der Waals surface area (Å²) >= 11 is 15.6. The molecule has 36 heavy (non-hydrogen) atoms. The number of Topliss-reactive ketones (excluding diaryl/α,β-unsaturated/α-hetero) is 2. The molecular weight excluding hydrogens is 523 g/mol. The van der Waals surface area contributed by atoms with Crippen molar-refractivity contribution in [3.05, 3.63) is 76.4 Å². The number of allylic oxidation sites excluding steroid dienone is 1. The minimum atomic E-state index is -0.797. The molecule has 0 atom stereocenters. The third kappa shape index (κ3) is 8.81. The van der Waals surface area contributed by atoms with Crippen molar-refractivity contribution in [1.82, 2.24) is 0 Å². The van der Waals surface area contributed by atoms with E-state index >= 15 is 0 Å². The number of benzene rings is 2. The Kier molecular flexibility index (Phi) is 11.9. The fourth-order valence-corrected chi connectivity index (χ4v) is 3.39. The first-order valence-corrected chi connectivity index (χ1v) is 12.4. The van der Waals surface area contributed by atoms with Crippen LogP contribution in [0.15, 0.2) is 43.0 Å². The first-order chi connectivity index (χ1) is 16.6. The van der Waals surface area contributed by atoms with E-state index in [4.69, 9.17) is 34.8 Å². The number of carbonyl (C=O) groups excluding carboxylic acids is 5. The van der Waals surface area contributed by atoms with Crippen LogP contribution in [0.25, 0.3) is 5.57 Å². The molecular formula is C28H29Cl3O5. The lowest BCUT2D eigenvalue weighted by molar-refractivity contribution is 0.0936. The van der Waals surface area contributed by atoms with Gasteiger partial charge in [0.2, 0.25) is 0 Å². The van der Waals surface area contributed by atoms with Gasteiger partial charge in [0.05, 0.1) is 0 Å². The number of carbonyl (C=O) groups is 5. The second-order valence-electron chi connectivity index (χ2n) is 9.14. The van der Waals surface area contributed by atoms with E-state index in [0.717, 1.165) is 11.1 Å². The average molecular weight is 552 g/mol. The Labute approximate surface area is 226 Å². The molecule has 0 aliphatic rings. The summed E-state index contributed by atoms with van der Waals surface area (Å²) in [5.74, 6) is 0.220. The van der Waals surface area contributed by atoms with Gasteiger partial charge in [-0.3, -0.25) is 24.0 Å². The van der Waals surface area contributed by atoms with E-state index in [2.05, 4.69) is 20.4 Å². The number of ketones is 2. The predicted octanol–water partition coefficient (Wildman–Crippen LogP) is 7.86. The third-order valence-electron chi connectivity index (χ3n) is 5.23. The molecule has 0 unspecified atom stereocenters. The molecule has 192 valence electrons. The lowest BCUT2D eigenvalue weighted by atomic mass is 9.88. The highest BCUT2D eigenvalue weighted by molar-refractivity contribution is 6.70. The molecule has 0 amide bonds. The van der Waals surface area contributed by atoms with Gasteiger partial charge in [0.15, 0.2) is 11.6 Å². The summed E-state index contributed by atoms with van der Waals surface area (Å²) in [5, 5.41) is -2.39. The summed E-state index contributed by atoms with van der Waals surface area (Å²) in [5.41, 5.74) is 3.03. The van der Waals surface area contributed by atoms with Gasteiger partial charge in [-0.25, -0.2) is 0 Å². The van der Waals surface area contributed by atoms with Crippen LogP contribution in [-0.4, -0.2) is 27.3 Å². The van der Waals surface area contributed by atoms with Crippen molar-refractivity contribution >= 4 is 67.7 Å². The Balaban J connectivity index is 0.000000381. The lowest BCUT2D eigenvalue weighted by Crippen LogP contribution is -2.13. The van der Waals surface area contributed by atoms with Crippen molar-refractivity contribution in [3.8, 4) is 0 Å². The predicted molar refractivity (Wildman–Crippen MR) is 146 cm³/mol. The molecule has 0 radical (unpaired) electrons. The van der Waals surface area contributed by atoms with E-state index in [1.165, 1.54) is 18.2 Å². The summed E-state index contributed by atoms with van der Waals surface area (Å²) in [6.45, 7) is 15.7. The van der Waals surface area contributed by atoms with Gasteiger partial charge in [-0.1, -0.05) is 48.1 Å². The highest BCUT2D eigenvalue weighted by atomic mass is 35.5. The monoisotopic (exact) mass is 550 g/mol.